The molecule has 1 aromatic carbocycles. The maximum absolute atomic E-state index is 14.5. The van der Waals surface area contributed by atoms with Crippen molar-refractivity contribution in [2.75, 3.05) is 56.2 Å². The summed E-state index contributed by atoms with van der Waals surface area (Å²) >= 11 is 1.24. The van der Waals surface area contributed by atoms with E-state index in [0.717, 1.165) is 31.1 Å². The molecular weight excluding hydrogens is 931 g/mol. The van der Waals surface area contributed by atoms with Crippen molar-refractivity contribution in [3.63, 3.8) is 0 Å². The van der Waals surface area contributed by atoms with Gasteiger partial charge >= 0.3 is 19.6 Å². The molecular formula is C35H42FN10O14PS3. The Morgan fingerprint density at radius 3 is 2.41 bits per heavy atom. The lowest BCUT2D eigenvalue weighted by molar-refractivity contribution is -0.135. The second-order valence-corrected chi connectivity index (χ2v) is 20.1. The summed E-state index contributed by atoms with van der Waals surface area (Å²) in [5.74, 6) is 1.26. The van der Waals surface area contributed by atoms with Gasteiger partial charge < -0.3 is 33.7 Å². The minimum Gasteiger partial charge on any atom is -0.481 e. The molecule has 0 bridgehead atoms. The second kappa shape index (κ2) is 21.1. The molecule has 64 heavy (non-hydrogen) atoms. The van der Waals surface area contributed by atoms with Crippen LogP contribution in [0.25, 0.3) is 0 Å². The number of methoxy groups -OCH3 is 2. The first-order valence-electron chi connectivity index (χ1n) is 18.2. The van der Waals surface area contributed by atoms with E-state index in [-0.39, 0.29) is 53.6 Å². The number of aromatic nitrogens is 5. The molecule has 24 nitrogen and oxygen atoms in total. The summed E-state index contributed by atoms with van der Waals surface area (Å²) in [6, 6.07) is 5.23. The lowest BCUT2D eigenvalue weighted by Gasteiger charge is -2.28. The number of fused-ring (bicyclic) bond motifs is 2. The third-order valence-electron chi connectivity index (χ3n) is 8.28. The Morgan fingerprint density at radius 2 is 1.81 bits per heavy atom. The second-order valence-electron chi connectivity index (χ2n) is 13.9. The number of rotatable bonds is 13. The number of ether oxygens (including phenoxy) is 3. The molecule has 3 aromatic heterocycles. The van der Waals surface area contributed by atoms with Crippen LogP contribution in [0.5, 0.6) is 17.5 Å². The van der Waals surface area contributed by atoms with E-state index in [0.29, 0.717) is 16.2 Å². The summed E-state index contributed by atoms with van der Waals surface area (Å²) in [7, 11) is -9.94. The van der Waals surface area contributed by atoms with Gasteiger partial charge in [-0.25, -0.2) is 32.3 Å². The predicted octanol–water partition coefficient (Wildman–Crippen LogP) is 1.25. The van der Waals surface area contributed by atoms with Crippen molar-refractivity contribution >= 4 is 74.2 Å². The van der Waals surface area contributed by atoms with Crippen LogP contribution in [0.15, 0.2) is 51.4 Å². The van der Waals surface area contributed by atoms with E-state index in [2.05, 4.69) is 54.7 Å². The zero-order valence-electron chi connectivity index (χ0n) is 34.5. The van der Waals surface area contributed by atoms with Crippen LogP contribution in [0, 0.1) is 23.6 Å². The first-order chi connectivity index (χ1) is 29.9. The fourth-order valence-corrected chi connectivity index (χ4v) is 9.20. The highest BCUT2D eigenvalue weighted by molar-refractivity contribution is 7.93. The molecule has 0 spiro atoms. The minimum atomic E-state index is -4.61. The lowest BCUT2D eigenvalue weighted by atomic mass is 9.92. The number of sulfone groups is 1. The SMILES string of the molecule is C#CCN1C(=O)COc2cc(F)c(N=c3snc4n3CC(C)(C)C4)cc21.CCS(=O)(=O)c1cccnc1S(=O)(=O)NC(=O)Nc1nc(OC)cc(OC)n1.O=C(O)CNCP(=O)(O)O. The van der Waals surface area contributed by atoms with Crippen LogP contribution in [-0.4, -0.2) is 119 Å². The molecule has 0 radical (unpaired) electrons. The van der Waals surface area contributed by atoms with Crippen LogP contribution in [-0.2, 0) is 47.0 Å². The Morgan fingerprint density at radius 1 is 1.14 bits per heavy atom. The van der Waals surface area contributed by atoms with Crippen molar-refractivity contribution < 1.29 is 69.3 Å². The number of nitrogens with zero attached hydrogens (tertiary/aromatic N) is 7. The first-order valence-corrected chi connectivity index (χ1v) is 23.9. The molecule has 0 saturated carbocycles. The van der Waals surface area contributed by atoms with Crippen LogP contribution in [0.1, 0.15) is 26.6 Å². The predicted molar refractivity (Wildman–Crippen MR) is 225 cm³/mol. The zero-order chi connectivity index (χ0) is 47.6. The van der Waals surface area contributed by atoms with E-state index >= 15 is 0 Å². The molecule has 0 aliphatic carbocycles. The molecule has 346 valence electrons. The monoisotopic (exact) mass is 972 g/mol. The number of amides is 3. The van der Waals surface area contributed by atoms with Gasteiger partial charge in [-0.3, -0.25) is 29.7 Å². The van der Waals surface area contributed by atoms with Gasteiger partial charge in [0, 0.05) is 36.8 Å². The van der Waals surface area contributed by atoms with E-state index in [1.807, 2.05) is 4.57 Å². The van der Waals surface area contributed by atoms with E-state index in [9.17, 15) is 40.2 Å². The fourth-order valence-electron chi connectivity index (χ4n) is 5.49. The number of terminal acetylenes is 1. The van der Waals surface area contributed by atoms with Gasteiger partial charge in [0.1, 0.15) is 22.2 Å². The molecule has 3 amide bonds. The standard InChI is InChI=1S/C18H17FN4O2S.C14H17N5O7S2.C3H8NO5P/c1-4-5-22-13-7-12(11(19)6-14(13)25-9-16(22)24)20-17-23-10-18(2,3)8-15(23)21-26-17;1-4-27(21,22)9-6-5-7-15-12(9)28(23,24)19-14(20)18-13-16-10(25-2)8-11(17-13)26-3;5-3(6)1-4-2-10(7,8)9/h1,6-7H,5,8-10H2,2-3H3;5-8H,4H2,1-3H3,(H2,16,17,18,19,20);4H,1-2H2,(H,5,6)(H2,7,8,9). The number of halogens is 1. The summed E-state index contributed by atoms with van der Waals surface area (Å²) in [5, 5.41) is 11.4. The molecule has 0 fully saturated rings. The summed E-state index contributed by atoms with van der Waals surface area (Å²) in [6.07, 6.45) is 6.71. The van der Waals surface area contributed by atoms with Gasteiger partial charge in [0.2, 0.25) is 22.5 Å². The number of urea groups is 1. The molecule has 4 aromatic rings. The number of hydrogen-bond acceptors (Lipinski definition) is 18. The number of carboxylic acid groups (broad SMARTS) is 1. The number of aliphatic carboxylic acids is 1. The molecule has 2 aliphatic rings. The summed E-state index contributed by atoms with van der Waals surface area (Å²) in [6.45, 7) is 5.97. The van der Waals surface area contributed by atoms with Gasteiger partial charge in [0.25, 0.3) is 15.9 Å². The number of hydrogen-bond donors (Lipinski definition) is 6. The fraction of sp³-hybridized carbons (Fsp3) is 0.371. The zero-order valence-corrected chi connectivity index (χ0v) is 37.8. The molecule has 6 rings (SSSR count). The van der Waals surface area contributed by atoms with Crippen LogP contribution >= 0.6 is 19.1 Å². The highest BCUT2D eigenvalue weighted by atomic mass is 32.2. The molecule has 2 aliphatic heterocycles. The van der Waals surface area contributed by atoms with Crippen molar-refractivity contribution in [2.45, 2.75) is 43.7 Å². The Bertz CT molecular complexity index is 2770. The third kappa shape index (κ3) is 13.7. The van der Waals surface area contributed by atoms with Crippen molar-refractivity contribution in [2.24, 2.45) is 10.4 Å². The number of carbonyl (C=O) groups excluding carboxylic acids is 2. The highest BCUT2D eigenvalue weighted by Crippen LogP contribution is 2.38. The first kappa shape index (κ1) is 50.6. The van der Waals surface area contributed by atoms with Crippen LogP contribution < -0.4 is 39.3 Å². The third-order valence-corrected chi connectivity index (χ3v) is 12.9. The van der Waals surface area contributed by atoms with Gasteiger partial charge in [0.05, 0.1) is 51.1 Å². The van der Waals surface area contributed by atoms with Gasteiger partial charge in [0.15, 0.2) is 27.3 Å². The van der Waals surface area contributed by atoms with Crippen molar-refractivity contribution in [1.82, 2.24) is 33.9 Å². The number of anilines is 2. The molecule has 6 N–H and O–H groups in total. The van der Waals surface area contributed by atoms with Gasteiger partial charge in [-0.1, -0.05) is 26.7 Å². The van der Waals surface area contributed by atoms with E-state index in [4.69, 9.17) is 35.5 Å². The average molecular weight is 973 g/mol. The Hall–Kier alpha value is -6.08. The van der Waals surface area contributed by atoms with E-state index < -0.39 is 68.0 Å². The molecule has 0 saturated heterocycles. The van der Waals surface area contributed by atoms with E-state index in [1.54, 1.807) is 4.72 Å². The smallest absolute Gasteiger partial charge is 0.339 e. The number of sulfonamides is 1. The maximum Gasteiger partial charge on any atom is 0.339 e. The van der Waals surface area contributed by atoms with Crippen molar-refractivity contribution in [1.29, 1.82) is 0 Å². The molecule has 5 heterocycles. The van der Waals surface area contributed by atoms with Gasteiger partial charge in [-0.2, -0.15) is 22.8 Å². The lowest BCUT2D eigenvalue weighted by Crippen LogP contribution is -2.39. The summed E-state index contributed by atoms with van der Waals surface area (Å²) in [5.41, 5.74) is 0.678. The number of carbonyl (C=O) groups is 3. The summed E-state index contributed by atoms with van der Waals surface area (Å²) in [4.78, 5) is 67.5. The molecule has 29 heteroatoms. The van der Waals surface area contributed by atoms with Gasteiger partial charge in [-0.05, 0) is 23.6 Å². The largest absolute Gasteiger partial charge is 0.481 e. The Labute approximate surface area is 369 Å². The van der Waals surface area contributed by atoms with Crippen molar-refractivity contribution in [3.05, 3.63) is 53.0 Å². The Kier molecular flexibility index (Phi) is 16.6. The van der Waals surface area contributed by atoms with Crippen LogP contribution in [0.3, 0.4) is 0 Å². The number of nitrogens with one attached hydrogen (secondary N) is 3. The number of benzene rings is 1. The highest BCUT2D eigenvalue weighted by Gasteiger charge is 2.32. The maximum atomic E-state index is 14.5. The number of carboxylic acids is 1. The Balaban J connectivity index is 0.000000233. The topological polar surface area (TPSA) is 333 Å². The quantitative estimate of drug-likeness (QED) is 0.0811. The van der Waals surface area contributed by atoms with Crippen LogP contribution in [0.2, 0.25) is 0 Å². The minimum absolute atomic E-state index is 0.0612. The molecule has 0 unspecified atom stereocenters. The normalized spacial score (nSPS) is 14.3. The average Bonchev–Trinajstić information content (AvgIpc) is 3.73. The summed E-state index contributed by atoms with van der Waals surface area (Å²) < 4.78 is 97.0. The van der Waals surface area contributed by atoms with Gasteiger partial charge in [-0.15, -0.1) is 6.42 Å². The van der Waals surface area contributed by atoms with Crippen LogP contribution in [0.4, 0.5) is 26.5 Å². The molecule has 0 atom stereocenters. The van der Waals surface area contributed by atoms with E-state index in [1.165, 1.54) is 61.8 Å². The van der Waals surface area contributed by atoms with Crippen molar-refractivity contribution in [3.8, 4) is 29.9 Å². The number of pyridine rings is 1.